The quantitative estimate of drug-likeness (QED) is 0.414. The van der Waals surface area contributed by atoms with Gasteiger partial charge in [0.25, 0.3) is 11.8 Å². The molecule has 0 fully saturated rings. The number of primary amides is 1. The van der Waals surface area contributed by atoms with Crippen LogP contribution in [-0.4, -0.2) is 28.6 Å². The Morgan fingerprint density at radius 2 is 1.71 bits per heavy atom. The zero-order chi connectivity index (χ0) is 25.7. The van der Waals surface area contributed by atoms with E-state index in [1.165, 1.54) is 29.2 Å². The standard InChI is InChI=1S/C25H28FN5O3S/c1-14(2)12-13-29-24(33)21(16-6-8-17(26)9-7-16)31(18-10-4-15(3)5-11-18)25(34)22-19(27)20(23(28)32)30-35-22/h4-11,14,21H,12-13,27H2,1-3H3,(H2,28,32)(H,29,33). The smallest absolute Gasteiger partial charge is 0.273 e. The summed E-state index contributed by atoms with van der Waals surface area (Å²) in [5.41, 5.74) is 12.8. The Hall–Kier alpha value is -3.79. The van der Waals surface area contributed by atoms with Crippen molar-refractivity contribution in [1.29, 1.82) is 0 Å². The minimum absolute atomic E-state index is 0.0264. The molecule has 0 radical (unpaired) electrons. The van der Waals surface area contributed by atoms with Gasteiger partial charge in [0, 0.05) is 12.2 Å². The molecule has 0 aliphatic heterocycles. The number of hydrogen-bond donors (Lipinski definition) is 3. The predicted molar refractivity (Wildman–Crippen MR) is 135 cm³/mol. The van der Waals surface area contributed by atoms with Crippen LogP contribution in [0.2, 0.25) is 0 Å². The number of carbonyl (C=O) groups excluding carboxylic acids is 3. The van der Waals surface area contributed by atoms with E-state index in [-0.39, 0.29) is 16.3 Å². The summed E-state index contributed by atoms with van der Waals surface area (Å²) in [7, 11) is 0. The monoisotopic (exact) mass is 497 g/mol. The van der Waals surface area contributed by atoms with Crippen LogP contribution in [0.3, 0.4) is 0 Å². The van der Waals surface area contributed by atoms with Crippen molar-refractivity contribution in [1.82, 2.24) is 9.69 Å². The van der Waals surface area contributed by atoms with Crippen LogP contribution in [0.15, 0.2) is 48.5 Å². The van der Waals surface area contributed by atoms with E-state index in [0.29, 0.717) is 23.7 Å². The molecule has 5 N–H and O–H groups in total. The number of amides is 3. The van der Waals surface area contributed by atoms with Gasteiger partial charge in [-0.15, -0.1) is 0 Å². The van der Waals surface area contributed by atoms with Crippen LogP contribution in [0, 0.1) is 18.7 Å². The minimum Gasteiger partial charge on any atom is -0.395 e. The van der Waals surface area contributed by atoms with Gasteiger partial charge in [-0.05, 0) is 60.6 Å². The second-order valence-electron chi connectivity index (χ2n) is 8.58. The van der Waals surface area contributed by atoms with Crippen LogP contribution in [-0.2, 0) is 4.79 Å². The van der Waals surface area contributed by atoms with Crippen molar-refractivity contribution in [3.05, 3.63) is 76.0 Å². The second kappa shape index (κ2) is 11.1. The highest BCUT2D eigenvalue weighted by atomic mass is 32.1. The second-order valence-corrected chi connectivity index (χ2v) is 9.35. The lowest BCUT2D eigenvalue weighted by molar-refractivity contribution is -0.122. The summed E-state index contributed by atoms with van der Waals surface area (Å²) in [6, 6.07) is 11.3. The number of halogens is 1. The maximum Gasteiger partial charge on any atom is 0.273 e. The summed E-state index contributed by atoms with van der Waals surface area (Å²) >= 11 is 0.729. The highest BCUT2D eigenvalue weighted by Gasteiger charge is 2.36. The lowest BCUT2D eigenvalue weighted by atomic mass is 10.0. The number of aryl methyl sites for hydroxylation is 1. The highest BCUT2D eigenvalue weighted by Crippen LogP contribution is 2.33. The highest BCUT2D eigenvalue weighted by molar-refractivity contribution is 7.09. The average molecular weight is 498 g/mol. The summed E-state index contributed by atoms with van der Waals surface area (Å²) in [5, 5.41) is 2.89. The third kappa shape index (κ3) is 6.02. The molecule has 2 aromatic carbocycles. The van der Waals surface area contributed by atoms with Crippen LogP contribution in [0.5, 0.6) is 0 Å². The Kier molecular flexibility index (Phi) is 8.18. The van der Waals surface area contributed by atoms with E-state index in [9.17, 15) is 18.8 Å². The van der Waals surface area contributed by atoms with E-state index in [2.05, 4.69) is 9.69 Å². The van der Waals surface area contributed by atoms with Crippen LogP contribution in [0.1, 0.15) is 57.6 Å². The Balaban J connectivity index is 2.14. The zero-order valence-electron chi connectivity index (χ0n) is 19.7. The molecule has 10 heteroatoms. The molecule has 35 heavy (non-hydrogen) atoms. The normalized spacial score (nSPS) is 11.8. The maximum absolute atomic E-state index is 13.9. The van der Waals surface area contributed by atoms with Crippen molar-refractivity contribution in [2.45, 2.75) is 33.2 Å². The number of anilines is 2. The van der Waals surface area contributed by atoms with Crippen molar-refractivity contribution in [2.75, 3.05) is 17.2 Å². The van der Waals surface area contributed by atoms with E-state index >= 15 is 0 Å². The van der Waals surface area contributed by atoms with Gasteiger partial charge in [-0.3, -0.25) is 19.3 Å². The van der Waals surface area contributed by atoms with Crippen molar-refractivity contribution < 1.29 is 18.8 Å². The first-order valence-electron chi connectivity index (χ1n) is 11.1. The van der Waals surface area contributed by atoms with Crippen molar-refractivity contribution in [3.8, 4) is 0 Å². The van der Waals surface area contributed by atoms with E-state index in [4.69, 9.17) is 11.5 Å². The van der Waals surface area contributed by atoms with Gasteiger partial charge in [-0.25, -0.2) is 4.39 Å². The first-order valence-corrected chi connectivity index (χ1v) is 11.9. The SMILES string of the molecule is Cc1ccc(N(C(=O)c2snc(C(N)=O)c2N)C(C(=O)NCCC(C)C)c2ccc(F)cc2)cc1. The minimum atomic E-state index is -1.14. The van der Waals surface area contributed by atoms with Gasteiger partial charge >= 0.3 is 0 Å². The summed E-state index contributed by atoms with van der Waals surface area (Å²) in [4.78, 5) is 40.3. The Labute approximate surface area is 207 Å². The van der Waals surface area contributed by atoms with Crippen molar-refractivity contribution >= 4 is 40.6 Å². The van der Waals surface area contributed by atoms with Crippen LogP contribution in [0.4, 0.5) is 15.8 Å². The fraction of sp³-hybridized carbons (Fsp3) is 0.280. The number of hydrogen-bond acceptors (Lipinski definition) is 6. The van der Waals surface area contributed by atoms with E-state index < -0.39 is 29.6 Å². The molecule has 184 valence electrons. The Bertz CT molecular complexity index is 1210. The van der Waals surface area contributed by atoms with Gasteiger partial charge in [-0.2, -0.15) is 4.37 Å². The van der Waals surface area contributed by atoms with Gasteiger partial charge in [0.1, 0.15) is 16.7 Å². The summed E-state index contributed by atoms with van der Waals surface area (Å²) in [6.45, 7) is 6.37. The van der Waals surface area contributed by atoms with Crippen LogP contribution >= 0.6 is 11.5 Å². The third-order valence-corrected chi connectivity index (χ3v) is 6.25. The summed E-state index contributed by atoms with van der Waals surface area (Å²) < 4.78 is 17.6. The van der Waals surface area contributed by atoms with Gasteiger partial charge in [-0.1, -0.05) is 43.7 Å². The Morgan fingerprint density at radius 3 is 2.26 bits per heavy atom. The molecule has 0 bridgehead atoms. The molecule has 0 aliphatic rings. The molecule has 0 spiro atoms. The topological polar surface area (TPSA) is 131 Å². The first kappa shape index (κ1) is 25.8. The zero-order valence-corrected chi connectivity index (χ0v) is 20.6. The fourth-order valence-corrected chi connectivity index (χ4v) is 4.21. The molecule has 3 rings (SSSR count). The molecule has 1 heterocycles. The molecule has 3 amide bonds. The van der Waals surface area contributed by atoms with Crippen LogP contribution < -0.4 is 21.7 Å². The van der Waals surface area contributed by atoms with Gasteiger partial charge in [0.05, 0.1) is 5.69 Å². The fourth-order valence-electron chi connectivity index (χ4n) is 3.47. The number of nitrogens with zero attached hydrogens (tertiary/aromatic N) is 2. The van der Waals surface area contributed by atoms with Gasteiger partial charge < -0.3 is 16.8 Å². The molecule has 0 saturated heterocycles. The van der Waals surface area contributed by atoms with Crippen molar-refractivity contribution in [2.24, 2.45) is 11.7 Å². The van der Waals surface area contributed by atoms with Gasteiger partial charge in [0.2, 0.25) is 5.91 Å². The molecule has 1 aromatic heterocycles. The first-order chi connectivity index (χ1) is 16.6. The summed E-state index contributed by atoms with van der Waals surface area (Å²) in [6.07, 6.45) is 0.740. The van der Waals surface area contributed by atoms with E-state index in [0.717, 1.165) is 23.5 Å². The number of nitrogens with two attached hydrogens (primary N) is 2. The van der Waals surface area contributed by atoms with Crippen LogP contribution in [0.25, 0.3) is 0 Å². The molecular formula is C25H28FN5O3S. The van der Waals surface area contributed by atoms with Gasteiger partial charge in [0.15, 0.2) is 5.69 Å². The average Bonchev–Trinajstić information content (AvgIpc) is 3.20. The number of nitrogen functional groups attached to an aromatic ring is 1. The summed E-state index contributed by atoms with van der Waals surface area (Å²) in [5.74, 6) is -2.05. The van der Waals surface area contributed by atoms with E-state index in [1.807, 2.05) is 20.8 Å². The molecular weight excluding hydrogens is 469 g/mol. The predicted octanol–water partition coefficient (Wildman–Crippen LogP) is 3.82. The molecule has 0 saturated carbocycles. The molecule has 8 nitrogen and oxygen atoms in total. The lowest BCUT2D eigenvalue weighted by Crippen LogP contribution is -2.44. The maximum atomic E-state index is 13.9. The number of nitrogens with one attached hydrogen (secondary N) is 1. The molecule has 1 unspecified atom stereocenters. The van der Waals surface area contributed by atoms with E-state index in [1.54, 1.807) is 24.3 Å². The number of benzene rings is 2. The Morgan fingerprint density at radius 1 is 1.09 bits per heavy atom. The lowest BCUT2D eigenvalue weighted by Gasteiger charge is -2.31. The number of carbonyl (C=O) groups is 3. The largest absolute Gasteiger partial charge is 0.395 e. The van der Waals surface area contributed by atoms with Crippen molar-refractivity contribution in [3.63, 3.8) is 0 Å². The number of rotatable bonds is 9. The third-order valence-electron chi connectivity index (χ3n) is 5.40. The molecule has 3 aromatic rings. The molecule has 0 aliphatic carbocycles. The molecule has 1 atom stereocenters. The number of aromatic nitrogens is 1.